The summed E-state index contributed by atoms with van der Waals surface area (Å²) in [6.45, 7) is 4.55. The van der Waals surface area contributed by atoms with Crippen molar-refractivity contribution in [3.05, 3.63) is 29.3 Å². The molecule has 1 fully saturated rings. The molecule has 120 valence electrons. The lowest BCUT2D eigenvalue weighted by molar-refractivity contribution is -0.152. The molecule has 0 aromatic heterocycles. The number of aromatic hydroxyl groups is 1. The van der Waals surface area contributed by atoms with Crippen molar-refractivity contribution in [1.29, 1.82) is 0 Å². The topological polar surface area (TPSA) is 77.8 Å². The zero-order chi connectivity index (χ0) is 16.3. The molecule has 1 aliphatic heterocycles. The number of benzene rings is 1. The van der Waals surface area contributed by atoms with Gasteiger partial charge in [-0.2, -0.15) is 0 Å². The first-order valence-electron chi connectivity index (χ1n) is 7.72. The van der Waals surface area contributed by atoms with Gasteiger partial charge < -0.3 is 15.1 Å². The number of amides is 1. The van der Waals surface area contributed by atoms with Gasteiger partial charge >= 0.3 is 5.97 Å². The number of carbonyl (C=O) groups excluding carboxylic acids is 1. The number of hydrogen-bond donors (Lipinski definition) is 2. The summed E-state index contributed by atoms with van der Waals surface area (Å²) in [5.41, 5.74) is 0.274. The molecule has 1 unspecified atom stereocenters. The number of aryl methyl sites for hydroxylation is 1. The van der Waals surface area contributed by atoms with Crippen LogP contribution in [0, 0.1) is 12.3 Å². The Morgan fingerprint density at radius 1 is 1.36 bits per heavy atom. The van der Waals surface area contributed by atoms with Gasteiger partial charge in [-0.1, -0.05) is 25.0 Å². The fourth-order valence-corrected chi connectivity index (χ4v) is 3.26. The van der Waals surface area contributed by atoms with E-state index in [0.29, 0.717) is 25.8 Å². The molecule has 2 N–H and O–H groups in total. The molecule has 5 nitrogen and oxygen atoms in total. The Labute approximate surface area is 130 Å². The van der Waals surface area contributed by atoms with Gasteiger partial charge in [0.1, 0.15) is 5.75 Å². The number of phenolic OH excluding ortho intramolecular Hbond substituents is 1. The Morgan fingerprint density at radius 3 is 2.73 bits per heavy atom. The number of carboxylic acids is 1. The third kappa shape index (κ3) is 3.08. The van der Waals surface area contributed by atoms with E-state index >= 15 is 0 Å². The molecule has 1 aliphatic rings. The lowest BCUT2D eigenvalue weighted by Gasteiger charge is -2.40. The van der Waals surface area contributed by atoms with Crippen molar-refractivity contribution in [2.75, 3.05) is 13.1 Å². The maximum Gasteiger partial charge on any atom is 0.311 e. The molecular weight excluding hydrogens is 282 g/mol. The molecule has 0 aliphatic carbocycles. The fraction of sp³-hybridized carbons (Fsp3) is 0.529. The highest BCUT2D eigenvalue weighted by molar-refractivity contribution is 5.97. The van der Waals surface area contributed by atoms with E-state index in [1.54, 1.807) is 17.0 Å². The minimum absolute atomic E-state index is 0.0578. The first-order valence-corrected chi connectivity index (χ1v) is 7.72. The molecular formula is C17H23NO4. The fourth-order valence-electron chi connectivity index (χ4n) is 3.26. The van der Waals surface area contributed by atoms with Gasteiger partial charge in [0.2, 0.25) is 0 Å². The predicted octanol–water partition coefficient (Wildman–Crippen LogP) is 2.81. The van der Waals surface area contributed by atoms with Crippen molar-refractivity contribution in [1.82, 2.24) is 4.90 Å². The first-order chi connectivity index (χ1) is 10.4. The summed E-state index contributed by atoms with van der Waals surface area (Å²) in [6, 6.07) is 4.89. The van der Waals surface area contributed by atoms with Crippen LogP contribution in [0.15, 0.2) is 18.2 Å². The average molecular weight is 305 g/mol. The molecule has 1 aromatic carbocycles. The highest BCUT2D eigenvalue weighted by atomic mass is 16.4. The maximum atomic E-state index is 12.7. The van der Waals surface area contributed by atoms with E-state index < -0.39 is 11.4 Å². The smallest absolute Gasteiger partial charge is 0.311 e. The monoisotopic (exact) mass is 305 g/mol. The van der Waals surface area contributed by atoms with Gasteiger partial charge in [0, 0.05) is 13.1 Å². The normalized spacial score (nSPS) is 21.6. The number of carboxylic acid groups (broad SMARTS) is 1. The summed E-state index contributed by atoms with van der Waals surface area (Å²) in [4.78, 5) is 25.9. The Bertz CT molecular complexity index is 580. The number of piperidine rings is 1. The second kappa shape index (κ2) is 6.38. The van der Waals surface area contributed by atoms with Gasteiger partial charge in [-0.3, -0.25) is 9.59 Å². The van der Waals surface area contributed by atoms with Crippen molar-refractivity contribution in [2.24, 2.45) is 5.41 Å². The predicted molar refractivity (Wildman–Crippen MR) is 83.0 cm³/mol. The van der Waals surface area contributed by atoms with E-state index in [0.717, 1.165) is 12.0 Å². The van der Waals surface area contributed by atoms with E-state index in [-0.39, 0.29) is 23.8 Å². The van der Waals surface area contributed by atoms with Crippen molar-refractivity contribution in [2.45, 2.75) is 39.5 Å². The minimum Gasteiger partial charge on any atom is -0.507 e. The molecule has 1 amide bonds. The van der Waals surface area contributed by atoms with Crippen molar-refractivity contribution in [3.63, 3.8) is 0 Å². The number of likely N-dealkylation sites (tertiary alicyclic amines) is 1. The quantitative estimate of drug-likeness (QED) is 0.896. The van der Waals surface area contributed by atoms with Crippen LogP contribution >= 0.6 is 0 Å². The lowest BCUT2D eigenvalue weighted by Crippen LogP contribution is -2.49. The Hall–Kier alpha value is -2.04. The summed E-state index contributed by atoms with van der Waals surface area (Å²) in [5.74, 6) is -1.18. The number of nitrogens with zero attached hydrogens (tertiary/aromatic N) is 1. The van der Waals surface area contributed by atoms with Gasteiger partial charge in [-0.15, -0.1) is 0 Å². The molecule has 0 saturated carbocycles. The van der Waals surface area contributed by atoms with Crippen LogP contribution in [0.1, 0.15) is 48.5 Å². The van der Waals surface area contributed by atoms with Crippen LogP contribution in [0.25, 0.3) is 0 Å². The first kappa shape index (κ1) is 16.3. The van der Waals surface area contributed by atoms with Crippen LogP contribution in [0.5, 0.6) is 5.75 Å². The molecule has 0 spiro atoms. The van der Waals surface area contributed by atoms with Crippen molar-refractivity contribution < 1.29 is 19.8 Å². The Kier molecular flexibility index (Phi) is 4.74. The Balaban J connectivity index is 2.26. The van der Waals surface area contributed by atoms with Crippen LogP contribution in [0.4, 0.5) is 0 Å². The molecule has 1 atom stereocenters. The van der Waals surface area contributed by atoms with Gasteiger partial charge in [-0.25, -0.2) is 0 Å². The van der Waals surface area contributed by atoms with Crippen LogP contribution in [-0.4, -0.2) is 40.1 Å². The van der Waals surface area contributed by atoms with Gasteiger partial charge in [-0.05, 0) is 38.3 Å². The number of rotatable bonds is 4. The van der Waals surface area contributed by atoms with Crippen LogP contribution in [0.3, 0.4) is 0 Å². The van der Waals surface area contributed by atoms with E-state index in [1.165, 1.54) is 6.07 Å². The maximum absolute atomic E-state index is 12.7. The summed E-state index contributed by atoms with van der Waals surface area (Å²) >= 11 is 0. The zero-order valence-electron chi connectivity index (χ0n) is 13.1. The molecule has 1 saturated heterocycles. The zero-order valence-corrected chi connectivity index (χ0v) is 13.1. The number of hydrogen-bond acceptors (Lipinski definition) is 3. The van der Waals surface area contributed by atoms with Crippen LogP contribution < -0.4 is 0 Å². The van der Waals surface area contributed by atoms with Crippen molar-refractivity contribution in [3.8, 4) is 5.75 Å². The third-order valence-electron chi connectivity index (χ3n) is 4.43. The molecule has 22 heavy (non-hydrogen) atoms. The second-order valence-electron chi connectivity index (χ2n) is 6.19. The molecule has 0 bridgehead atoms. The summed E-state index contributed by atoms with van der Waals surface area (Å²) in [7, 11) is 0. The number of phenols is 1. The summed E-state index contributed by atoms with van der Waals surface area (Å²) in [5, 5.41) is 19.5. The summed E-state index contributed by atoms with van der Waals surface area (Å²) < 4.78 is 0. The highest BCUT2D eigenvalue weighted by Crippen LogP contribution is 2.36. The molecule has 0 radical (unpaired) electrons. The van der Waals surface area contributed by atoms with Crippen LogP contribution in [0.2, 0.25) is 0 Å². The third-order valence-corrected chi connectivity index (χ3v) is 4.43. The summed E-state index contributed by atoms with van der Waals surface area (Å²) in [6.07, 6.45) is 2.60. The molecule has 1 heterocycles. The van der Waals surface area contributed by atoms with E-state index in [4.69, 9.17) is 0 Å². The molecule has 2 rings (SSSR count). The SMILES string of the molecule is CCCC1(C(=O)O)CCCN(C(=O)c2cc(C)ccc2O)C1. The lowest BCUT2D eigenvalue weighted by atomic mass is 9.76. The molecule has 5 heteroatoms. The van der Waals surface area contributed by atoms with Crippen molar-refractivity contribution >= 4 is 11.9 Å². The second-order valence-corrected chi connectivity index (χ2v) is 6.19. The molecule has 1 aromatic rings. The number of carbonyl (C=O) groups is 2. The highest BCUT2D eigenvalue weighted by Gasteiger charge is 2.43. The van der Waals surface area contributed by atoms with E-state index in [9.17, 15) is 19.8 Å². The van der Waals surface area contributed by atoms with E-state index in [2.05, 4.69) is 0 Å². The van der Waals surface area contributed by atoms with Crippen LogP contribution in [-0.2, 0) is 4.79 Å². The Morgan fingerprint density at radius 2 is 2.09 bits per heavy atom. The number of aliphatic carboxylic acids is 1. The standard InChI is InChI=1S/C17H23NO4/c1-3-7-17(16(21)22)8-4-9-18(11-17)15(20)13-10-12(2)5-6-14(13)19/h5-6,10,19H,3-4,7-9,11H2,1-2H3,(H,21,22). The largest absolute Gasteiger partial charge is 0.507 e. The van der Waals surface area contributed by atoms with Gasteiger partial charge in [0.15, 0.2) is 0 Å². The minimum atomic E-state index is -0.859. The van der Waals surface area contributed by atoms with Gasteiger partial charge in [0.05, 0.1) is 11.0 Å². The average Bonchev–Trinajstić information content (AvgIpc) is 2.49. The van der Waals surface area contributed by atoms with E-state index in [1.807, 2.05) is 13.8 Å². The van der Waals surface area contributed by atoms with Gasteiger partial charge in [0.25, 0.3) is 5.91 Å².